The molecule has 2 aliphatic carbocycles. The molecule has 2 N–H and O–H groups in total. The molecule has 40 heavy (non-hydrogen) atoms. The molecule has 0 fully saturated rings. The number of alkyl halides is 4. The van der Waals surface area contributed by atoms with E-state index >= 15 is 0 Å². The Morgan fingerprint density at radius 3 is 2.73 bits per heavy atom. The van der Waals surface area contributed by atoms with Crippen molar-refractivity contribution in [2.75, 3.05) is 0 Å². The molecule has 208 valence electrons. The summed E-state index contributed by atoms with van der Waals surface area (Å²) in [5, 5.41) is 10.3. The van der Waals surface area contributed by atoms with Crippen molar-refractivity contribution in [2.45, 2.75) is 37.0 Å². The summed E-state index contributed by atoms with van der Waals surface area (Å²) in [7, 11) is 0. The number of carbonyl (C=O) groups is 2. The van der Waals surface area contributed by atoms with Gasteiger partial charge in [0.05, 0.1) is 22.5 Å². The van der Waals surface area contributed by atoms with Crippen LogP contribution in [0.1, 0.15) is 40.4 Å². The fraction of sp³-hybridized carbons (Fsp3) is 0.259. The van der Waals surface area contributed by atoms with Crippen LogP contribution in [-0.4, -0.2) is 38.0 Å². The predicted octanol–water partition coefficient (Wildman–Crippen LogP) is 6.03. The van der Waals surface area contributed by atoms with Gasteiger partial charge in [-0.15, -0.1) is 22.9 Å². The maximum absolute atomic E-state index is 13.6. The van der Waals surface area contributed by atoms with Gasteiger partial charge in [-0.25, -0.2) is 9.67 Å². The summed E-state index contributed by atoms with van der Waals surface area (Å²) in [4.78, 5) is 32.0. The Hall–Kier alpha value is -3.41. The summed E-state index contributed by atoms with van der Waals surface area (Å²) in [5.41, 5.74) is -0.751. The Morgan fingerprint density at radius 2 is 2.02 bits per heavy atom. The molecule has 0 aliphatic heterocycles. The van der Waals surface area contributed by atoms with Crippen LogP contribution in [0.3, 0.4) is 0 Å². The van der Waals surface area contributed by atoms with Gasteiger partial charge in [0, 0.05) is 28.6 Å². The largest absolute Gasteiger partial charge is 0.435 e. The quantitative estimate of drug-likeness (QED) is 0.335. The van der Waals surface area contributed by atoms with Crippen LogP contribution in [0.2, 0.25) is 5.02 Å². The first-order valence-corrected chi connectivity index (χ1v) is 13.9. The zero-order valence-electron chi connectivity index (χ0n) is 20.8. The van der Waals surface area contributed by atoms with E-state index in [0.29, 0.717) is 12.5 Å². The number of nitrogens with zero attached hydrogens (tertiary/aromatic N) is 3. The van der Waals surface area contributed by atoms with E-state index in [9.17, 15) is 22.8 Å². The van der Waals surface area contributed by atoms with Gasteiger partial charge in [-0.2, -0.15) is 18.3 Å². The highest BCUT2D eigenvalue weighted by Gasteiger charge is 2.42. The first-order chi connectivity index (χ1) is 19.0. The normalized spacial score (nSPS) is 21.2. The van der Waals surface area contributed by atoms with Crippen LogP contribution in [0.15, 0.2) is 77.4 Å². The number of hydrogen-bond acceptors (Lipinski definition) is 5. The minimum absolute atomic E-state index is 0.00689. The lowest BCUT2D eigenvalue weighted by Gasteiger charge is -2.37. The van der Waals surface area contributed by atoms with Gasteiger partial charge in [-0.3, -0.25) is 9.59 Å². The Bertz CT molecular complexity index is 1530. The number of aromatic nitrogens is 3. The number of thiophene rings is 1. The van der Waals surface area contributed by atoms with Gasteiger partial charge in [0.15, 0.2) is 11.5 Å². The molecule has 0 radical (unpaired) electrons. The van der Waals surface area contributed by atoms with Gasteiger partial charge in [-0.05, 0) is 48.6 Å². The number of rotatable bonds is 6. The molecule has 2 aliphatic rings. The van der Waals surface area contributed by atoms with Crippen molar-refractivity contribution < 1.29 is 22.8 Å². The van der Waals surface area contributed by atoms with Gasteiger partial charge in [-0.1, -0.05) is 35.9 Å². The molecule has 5 rings (SSSR count). The van der Waals surface area contributed by atoms with Crippen molar-refractivity contribution in [2.24, 2.45) is 5.92 Å². The van der Waals surface area contributed by atoms with Crippen LogP contribution in [-0.2, 0) is 11.0 Å². The van der Waals surface area contributed by atoms with Gasteiger partial charge < -0.3 is 10.6 Å². The molecule has 4 atom stereocenters. The predicted molar refractivity (Wildman–Crippen MR) is 147 cm³/mol. The molecule has 0 spiro atoms. The molecule has 3 aromatic rings. The van der Waals surface area contributed by atoms with Crippen molar-refractivity contribution in [1.29, 1.82) is 0 Å². The lowest BCUT2D eigenvalue weighted by atomic mass is 9.77. The zero-order valence-corrected chi connectivity index (χ0v) is 23.2. The molecule has 0 bridgehead atoms. The number of allylic oxidation sites excluding steroid dienone is 5. The van der Waals surface area contributed by atoms with Crippen molar-refractivity contribution in [3.8, 4) is 5.82 Å². The van der Waals surface area contributed by atoms with Crippen molar-refractivity contribution >= 4 is 46.4 Å². The number of amides is 2. The highest BCUT2D eigenvalue weighted by atomic mass is 35.5. The minimum atomic E-state index is -4.83. The Morgan fingerprint density at radius 1 is 1.23 bits per heavy atom. The standard InChI is InChI=1S/C27H22Cl2F3N5O2S/c1-14(20-9-5-11-40-20)34-25(38)17-12-15-6-2-3-7-16(15)22(29)23(17)35-26(39)19-13-21(27(30,31)32)36-37(19)24-18(28)8-4-10-33-24/h2-6,8-14,16,22-23H,7H2,1H3,(H,34,38)(H,35,39). The fourth-order valence-corrected chi connectivity index (χ4v) is 6.03. The molecule has 7 nitrogen and oxygen atoms in total. The Kier molecular flexibility index (Phi) is 7.89. The van der Waals surface area contributed by atoms with Gasteiger partial charge in [0.25, 0.3) is 5.91 Å². The maximum atomic E-state index is 13.6. The molecular formula is C27H22Cl2F3N5O2S. The summed E-state index contributed by atoms with van der Waals surface area (Å²) >= 11 is 14.5. The van der Waals surface area contributed by atoms with E-state index in [1.807, 2.05) is 42.7 Å². The highest BCUT2D eigenvalue weighted by Crippen LogP contribution is 2.38. The van der Waals surface area contributed by atoms with E-state index in [0.717, 1.165) is 15.1 Å². The Balaban J connectivity index is 1.51. The van der Waals surface area contributed by atoms with E-state index in [-0.39, 0.29) is 28.4 Å². The third-order valence-corrected chi connectivity index (χ3v) is 8.55. The van der Waals surface area contributed by atoms with E-state index in [2.05, 4.69) is 20.7 Å². The summed E-state index contributed by atoms with van der Waals surface area (Å²) < 4.78 is 41.6. The van der Waals surface area contributed by atoms with Crippen LogP contribution < -0.4 is 10.6 Å². The Labute approximate surface area is 241 Å². The van der Waals surface area contributed by atoms with Crippen molar-refractivity contribution in [3.05, 3.63) is 98.6 Å². The van der Waals surface area contributed by atoms with Gasteiger partial charge in [0.2, 0.25) is 5.91 Å². The minimum Gasteiger partial charge on any atom is -0.345 e. The van der Waals surface area contributed by atoms with Crippen LogP contribution in [0.25, 0.3) is 5.82 Å². The van der Waals surface area contributed by atoms with E-state index < -0.39 is 40.8 Å². The van der Waals surface area contributed by atoms with Crippen molar-refractivity contribution in [1.82, 2.24) is 25.4 Å². The lowest BCUT2D eigenvalue weighted by Crippen LogP contribution is -2.51. The number of pyridine rings is 1. The second kappa shape index (κ2) is 11.2. The number of hydrogen-bond donors (Lipinski definition) is 2. The topological polar surface area (TPSA) is 88.9 Å². The van der Waals surface area contributed by atoms with Crippen molar-refractivity contribution in [3.63, 3.8) is 0 Å². The average Bonchev–Trinajstić information content (AvgIpc) is 3.61. The molecule has 3 aromatic heterocycles. The summed E-state index contributed by atoms with van der Waals surface area (Å²) in [6, 6.07) is 5.95. The van der Waals surface area contributed by atoms with Gasteiger partial charge >= 0.3 is 6.18 Å². The molecule has 13 heteroatoms. The second-order valence-electron chi connectivity index (χ2n) is 9.28. The molecule has 2 amide bonds. The van der Waals surface area contributed by atoms with E-state index in [1.165, 1.54) is 29.7 Å². The molecular weight excluding hydrogens is 586 g/mol. The van der Waals surface area contributed by atoms with Crippen LogP contribution >= 0.6 is 34.5 Å². The SMILES string of the molecule is CC(NC(=O)C1=CC2=CC=CCC2C(Cl)C1NC(=O)c1cc(C(F)(F)F)nn1-c1ncccc1Cl)c1cccs1. The number of fused-ring (bicyclic) bond motifs is 1. The van der Waals surface area contributed by atoms with E-state index in [4.69, 9.17) is 23.2 Å². The number of halogens is 5. The zero-order chi connectivity index (χ0) is 28.6. The smallest absolute Gasteiger partial charge is 0.345 e. The monoisotopic (exact) mass is 607 g/mol. The fourth-order valence-electron chi connectivity index (χ4n) is 4.65. The molecule has 0 saturated heterocycles. The summed E-state index contributed by atoms with van der Waals surface area (Å²) in [5.74, 6) is -1.76. The molecule has 4 unspecified atom stereocenters. The number of carbonyl (C=O) groups excluding carboxylic acids is 2. The van der Waals surface area contributed by atoms with Crippen LogP contribution in [0.5, 0.6) is 0 Å². The highest BCUT2D eigenvalue weighted by molar-refractivity contribution is 7.10. The third-order valence-electron chi connectivity index (χ3n) is 6.64. The molecule has 0 saturated carbocycles. The summed E-state index contributed by atoms with van der Waals surface area (Å²) in [6.45, 7) is 1.83. The maximum Gasteiger partial charge on any atom is 0.435 e. The first kappa shape index (κ1) is 28.1. The third kappa shape index (κ3) is 5.59. The van der Waals surface area contributed by atoms with Crippen LogP contribution in [0, 0.1) is 5.92 Å². The van der Waals surface area contributed by atoms with E-state index in [1.54, 1.807) is 6.08 Å². The average molecular weight is 608 g/mol. The first-order valence-electron chi connectivity index (χ1n) is 12.2. The number of nitrogens with one attached hydrogen (secondary N) is 2. The molecule has 3 heterocycles. The molecule has 0 aromatic carbocycles. The second-order valence-corrected chi connectivity index (χ2v) is 11.2. The summed E-state index contributed by atoms with van der Waals surface area (Å²) in [6.07, 6.45) is 4.38. The van der Waals surface area contributed by atoms with Gasteiger partial charge in [0.1, 0.15) is 5.69 Å². The van der Waals surface area contributed by atoms with Crippen LogP contribution in [0.4, 0.5) is 13.2 Å². The lowest BCUT2D eigenvalue weighted by molar-refractivity contribution is -0.141.